The first kappa shape index (κ1) is 12.0. The van der Waals surface area contributed by atoms with Gasteiger partial charge in [-0.05, 0) is 20.3 Å². The highest BCUT2D eigenvalue weighted by molar-refractivity contribution is 5.89. The smallest absolute Gasteiger partial charge is 0.307 e. The number of carboxylic acid groups (broad SMARTS) is 1. The molecule has 86 valence electrons. The number of carbonyl (C=O) groups excluding carboxylic acids is 1. The molecule has 0 spiro atoms. The first-order valence-electron chi connectivity index (χ1n) is 4.92. The Morgan fingerprint density at radius 1 is 1.40 bits per heavy atom. The predicted molar refractivity (Wildman–Crippen MR) is 53.2 cm³/mol. The molecule has 15 heavy (non-hydrogen) atoms. The van der Waals surface area contributed by atoms with Crippen LogP contribution in [0.2, 0.25) is 0 Å². The van der Waals surface area contributed by atoms with Crippen molar-refractivity contribution in [2.24, 2.45) is 11.8 Å². The highest BCUT2D eigenvalue weighted by Crippen LogP contribution is 2.39. The van der Waals surface area contributed by atoms with Crippen LogP contribution in [0.4, 0.5) is 0 Å². The molecule has 0 saturated heterocycles. The summed E-state index contributed by atoms with van der Waals surface area (Å²) in [6, 6.07) is 0. The highest BCUT2D eigenvalue weighted by atomic mass is 16.4. The van der Waals surface area contributed by atoms with Gasteiger partial charge in [0.15, 0.2) is 0 Å². The highest BCUT2D eigenvalue weighted by Gasteiger charge is 2.49. The number of nitrogens with zero attached hydrogens (tertiary/aromatic N) is 1. The molecule has 0 aromatic heterocycles. The molecule has 2 N–H and O–H groups in total. The molecule has 2 atom stereocenters. The fourth-order valence-corrected chi connectivity index (χ4v) is 1.68. The summed E-state index contributed by atoms with van der Waals surface area (Å²) >= 11 is 0. The van der Waals surface area contributed by atoms with Gasteiger partial charge in [-0.25, -0.2) is 0 Å². The topological polar surface area (TPSA) is 77.8 Å². The van der Waals surface area contributed by atoms with Crippen LogP contribution in [-0.4, -0.2) is 46.2 Å². The standard InChI is InChI=1S/C10H17NO4/c1-10(2,15)5-11(3)8(12)6-4-7(6)9(13)14/h6-7,15H,4-5H2,1-3H3,(H,13,14). The third-order valence-electron chi connectivity index (χ3n) is 2.43. The maximum absolute atomic E-state index is 11.6. The van der Waals surface area contributed by atoms with E-state index in [-0.39, 0.29) is 12.5 Å². The van der Waals surface area contributed by atoms with Crippen LogP contribution in [0.5, 0.6) is 0 Å². The second kappa shape index (κ2) is 3.81. The number of rotatable bonds is 4. The molecule has 1 fully saturated rings. The molecule has 0 aliphatic heterocycles. The molecule has 1 amide bonds. The van der Waals surface area contributed by atoms with Gasteiger partial charge in [0.1, 0.15) is 0 Å². The van der Waals surface area contributed by atoms with E-state index >= 15 is 0 Å². The quantitative estimate of drug-likeness (QED) is 0.688. The number of carboxylic acids is 1. The van der Waals surface area contributed by atoms with Gasteiger partial charge >= 0.3 is 5.97 Å². The molecule has 0 aromatic carbocycles. The van der Waals surface area contributed by atoms with Crippen LogP contribution in [0.1, 0.15) is 20.3 Å². The van der Waals surface area contributed by atoms with Crippen molar-refractivity contribution in [3.8, 4) is 0 Å². The molecule has 0 heterocycles. The normalized spacial score (nSPS) is 24.8. The number of likely N-dealkylation sites (N-methyl/N-ethyl adjacent to an activating group) is 1. The van der Waals surface area contributed by atoms with Crippen LogP contribution >= 0.6 is 0 Å². The first-order chi connectivity index (χ1) is 6.72. The Morgan fingerprint density at radius 3 is 2.27 bits per heavy atom. The minimum Gasteiger partial charge on any atom is -0.481 e. The summed E-state index contributed by atoms with van der Waals surface area (Å²) in [4.78, 5) is 23.6. The molecule has 1 rings (SSSR count). The van der Waals surface area contributed by atoms with E-state index in [2.05, 4.69) is 0 Å². The lowest BCUT2D eigenvalue weighted by Gasteiger charge is -2.25. The Morgan fingerprint density at radius 2 is 1.93 bits per heavy atom. The number of amides is 1. The van der Waals surface area contributed by atoms with Crippen molar-refractivity contribution >= 4 is 11.9 Å². The largest absolute Gasteiger partial charge is 0.481 e. The fourth-order valence-electron chi connectivity index (χ4n) is 1.68. The molecular weight excluding hydrogens is 198 g/mol. The van der Waals surface area contributed by atoms with Gasteiger partial charge in [0.2, 0.25) is 5.91 Å². The molecule has 1 aliphatic rings. The zero-order chi connectivity index (χ0) is 11.8. The molecule has 5 nitrogen and oxygen atoms in total. The van der Waals surface area contributed by atoms with Gasteiger partial charge < -0.3 is 15.1 Å². The van der Waals surface area contributed by atoms with Crippen LogP contribution in [0, 0.1) is 11.8 Å². The lowest BCUT2D eigenvalue weighted by molar-refractivity contribution is -0.142. The first-order valence-corrected chi connectivity index (χ1v) is 4.92. The maximum atomic E-state index is 11.6. The number of hydrogen-bond donors (Lipinski definition) is 2. The lowest BCUT2D eigenvalue weighted by atomic mass is 10.1. The monoisotopic (exact) mass is 215 g/mol. The van der Waals surface area contributed by atoms with Gasteiger partial charge in [-0.3, -0.25) is 9.59 Å². The van der Waals surface area contributed by atoms with Crippen LogP contribution < -0.4 is 0 Å². The van der Waals surface area contributed by atoms with Gasteiger partial charge in [-0.1, -0.05) is 0 Å². The van der Waals surface area contributed by atoms with Crippen molar-refractivity contribution in [1.82, 2.24) is 4.90 Å². The lowest BCUT2D eigenvalue weighted by Crippen LogP contribution is -2.40. The van der Waals surface area contributed by atoms with Crippen molar-refractivity contribution in [3.05, 3.63) is 0 Å². The molecule has 1 saturated carbocycles. The van der Waals surface area contributed by atoms with Gasteiger partial charge in [-0.15, -0.1) is 0 Å². The SMILES string of the molecule is CN(CC(C)(C)O)C(=O)C1CC1C(=O)O. The molecular formula is C10H17NO4. The Kier molecular flexibility index (Phi) is 3.04. The summed E-state index contributed by atoms with van der Waals surface area (Å²) in [5.74, 6) is -2.02. The van der Waals surface area contributed by atoms with E-state index in [1.54, 1.807) is 20.9 Å². The Labute approximate surface area is 88.7 Å². The minimum atomic E-state index is -0.946. The van der Waals surface area contributed by atoms with E-state index in [1.807, 2.05) is 0 Å². The Balaban J connectivity index is 2.46. The van der Waals surface area contributed by atoms with Crippen LogP contribution in [-0.2, 0) is 9.59 Å². The molecule has 1 aliphatic carbocycles. The van der Waals surface area contributed by atoms with Gasteiger partial charge in [-0.2, -0.15) is 0 Å². The van der Waals surface area contributed by atoms with Gasteiger partial charge in [0, 0.05) is 13.6 Å². The molecule has 5 heteroatoms. The number of carbonyl (C=O) groups is 2. The van der Waals surface area contributed by atoms with Crippen molar-refractivity contribution in [3.63, 3.8) is 0 Å². The molecule has 2 unspecified atom stereocenters. The Hall–Kier alpha value is -1.10. The average Bonchev–Trinajstić information content (AvgIpc) is 2.77. The summed E-state index contributed by atoms with van der Waals surface area (Å²) < 4.78 is 0. The summed E-state index contributed by atoms with van der Waals surface area (Å²) in [6.07, 6.45) is 0.421. The number of aliphatic carboxylic acids is 1. The summed E-state index contributed by atoms with van der Waals surface area (Å²) in [7, 11) is 1.58. The molecule has 0 aromatic rings. The zero-order valence-corrected chi connectivity index (χ0v) is 9.23. The van der Waals surface area contributed by atoms with Crippen molar-refractivity contribution in [2.45, 2.75) is 25.9 Å². The summed E-state index contributed by atoms with van der Waals surface area (Å²) in [6.45, 7) is 3.44. The van der Waals surface area contributed by atoms with E-state index in [9.17, 15) is 14.7 Å². The van der Waals surface area contributed by atoms with E-state index < -0.39 is 23.4 Å². The summed E-state index contributed by atoms with van der Waals surface area (Å²) in [5.41, 5.74) is -0.946. The van der Waals surface area contributed by atoms with Crippen molar-refractivity contribution in [2.75, 3.05) is 13.6 Å². The van der Waals surface area contributed by atoms with Crippen LogP contribution in [0.25, 0.3) is 0 Å². The zero-order valence-electron chi connectivity index (χ0n) is 9.23. The average molecular weight is 215 g/mol. The molecule has 0 bridgehead atoms. The molecule has 0 radical (unpaired) electrons. The predicted octanol–water partition coefficient (Wildman–Crippen LogP) is -0.0636. The van der Waals surface area contributed by atoms with Crippen molar-refractivity contribution < 1.29 is 19.8 Å². The van der Waals surface area contributed by atoms with Crippen LogP contribution in [0.15, 0.2) is 0 Å². The third kappa shape index (κ3) is 3.20. The third-order valence-corrected chi connectivity index (χ3v) is 2.43. The second-order valence-corrected chi connectivity index (χ2v) is 4.79. The van der Waals surface area contributed by atoms with E-state index in [4.69, 9.17) is 5.11 Å². The number of aliphatic hydroxyl groups is 1. The Bertz CT molecular complexity index is 282. The van der Waals surface area contributed by atoms with E-state index in [1.165, 1.54) is 4.90 Å². The second-order valence-electron chi connectivity index (χ2n) is 4.79. The van der Waals surface area contributed by atoms with Crippen molar-refractivity contribution in [1.29, 1.82) is 0 Å². The number of hydrogen-bond acceptors (Lipinski definition) is 3. The maximum Gasteiger partial charge on any atom is 0.307 e. The van der Waals surface area contributed by atoms with E-state index in [0.717, 1.165) is 0 Å². The van der Waals surface area contributed by atoms with E-state index in [0.29, 0.717) is 6.42 Å². The minimum absolute atomic E-state index is 0.190. The van der Waals surface area contributed by atoms with Crippen LogP contribution in [0.3, 0.4) is 0 Å². The summed E-state index contributed by atoms with van der Waals surface area (Å²) in [5, 5.41) is 18.2. The van der Waals surface area contributed by atoms with Gasteiger partial charge in [0.05, 0.1) is 17.4 Å². The van der Waals surface area contributed by atoms with Gasteiger partial charge in [0.25, 0.3) is 0 Å². The fraction of sp³-hybridized carbons (Fsp3) is 0.800.